The van der Waals surface area contributed by atoms with E-state index in [1.54, 1.807) is 12.1 Å². The first kappa shape index (κ1) is 19.9. The van der Waals surface area contributed by atoms with Crippen molar-refractivity contribution in [2.24, 2.45) is 17.1 Å². The lowest BCUT2D eigenvalue weighted by Crippen LogP contribution is -2.42. The number of nitrogens with two attached hydrogens (primary N) is 1. The Labute approximate surface area is 144 Å². The van der Waals surface area contributed by atoms with Crippen LogP contribution in [0, 0.1) is 17.2 Å². The van der Waals surface area contributed by atoms with Gasteiger partial charge in [-0.1, -0.05) is 39.3 Å². The van der Waals surface area contributed by atoms with E-state index in [0.717, 1.165) is 31.2 Å². The van der Waals surface area contributed by atoms with E-state index in [4.69, 9.17) is 5.73 Å². The molecule has 3 nitrogen and oxygen atoms in total. The maximum atomic E-state index is 13.1. The lowest BCUT2D eigenvalue weighted by atomic mass is 9.80. The number of nitrogens with one attached hydrogen (secondary N) is 1. The topological polar surface area (TPSA) is 55.1 Å². The molecule has 1 saturated carbocycles. The summed E-state index contributed by atoms with van der Waals surface area (Å²) in [4.78, 5) is 12.6. The van der Waals surface area contributed by atoms with Crippen LogP contribution in [0.3, 0.4) is 0 Å². The van der Waals surface area contributed by atoms with Crippen LogP contribution < -0.4 is 11.1 Å². The number of hydrogen-bond acceptors (Lipinski definition) is 2. The summed E-state index contributed by atoms with van der Waals surface area (Å²) in [7, 11) is 0. The number of hydrogen-bond donors (Lipinski definition) is 2. The van der Waals surface area contributed by atoms with E-state index in [0.29, 0.717) is 0 Å². The number of benzene rings is 1. The molecule has 3 atom stereocenters. The number of amides is 1. The second kappa shape index (κ2) is 8.11. The molecule has 1 aromatic rings. The summed E-state index contributed by atoms with van der Waals surface area (Å²) in [5, 5.41) is 3.17. The monoisotopic (exact) mass is 342 g/mol. The predicted molar refractivity (Wildman–Crippen MR) is 93.9 cm³/mol. The van der Waals surface area contributed by atoms with E-state index in [9.17, 15) is 9.18 Å². The third kappa shape index (κ3) is 5.47. The van der Waals surface area contributed by atoms with Crippen molar-refractivity contribution in [3.05, 3.63) is 35.6 Å². The van der Waals surface area contributed by atoms with Crippen molar-refractivity contribution < 1.29 is 9.18 Å². The Morgan fingerprint density at radius 3 is 2.39 bits per heavy atom. The average Bonchev–Trinajstić information content (AvgIpc) is 2.44. The third-order valence-corrected chi connectivity index (χ3v) is 4.44. The van der Waals surface area contributed by atoms with Crippen LogP contribution in [0.25, 0.3) is 0 Å². The summed E-state index contributed by atoms with van der Waals surface area (Å²) in [6.07, 6.45) is 3.67. The molecule has 5 heteroatoms. The largest absolute Gasteiger partial charge is 0.349 e. The van der Waals surface area contributed by atoms with Gasteiger partial charge in [-0.15, -0.1) is 12.4 Å². The fraction of sp³-hybridized carbons (Fsp3) is 0.611. The maximum absolute atomic E-state index is 13.1. The first-order valence-corrected chi connectivity index (χ1v) is 8.09. The van der Waals surface area contributed by atoms with Crippen LogP contribution in [-0.2, 0) is 4.79 Å². The molecular formula is C18H28ClFN2O. The van der Waals surface area contributed by atoms with Crippen LogP contribution in [0.5, 0.6) is 0 Å². The second-order valence-electron chi connectivity index (χ2n) is 7.48. The molecule has 0 radical (unpaired) electrons. The van der Waals surface area contributed by atoms with Crippen molar-refractivity contribution >= 4 is 18.3 Å². The molecule has 2 rings (SSSR count). The van der Waals surface area contributed by atoms with E-state index in [1.807, 2.05) is 0 Å². The highest BCUT2D eigenvalue weighted by Gasteiger charge is 2.32. The Morgan fingerprint density at radius 2 is 1.87 bits per heavy atom. The van der Waals surface area contributed by atoms with E-state index in [-0.39, 0.29) is 47.5 Å². The van der Waals surface area contributed by atoms with Crippen LogP contribution in [0.1, 0.15) is 58.1 Å². The van der Waals surface area contributed by atoms with E-state index >= 15 is 0 Å². The zero-order valence-electron chi connectivity index (χ0n) is 14.1. The van der Waals surface area contributed by atoms with Gasteiger partial charge in [0.2, 0.25) is 5.91 Å². The number of carbonyl (C=O) groups is 1. The molecule has 1 aliphatic rings. The van der Waals surface area contributed by atoms with Gasteiger partial charge >= 0.3 is 0 Å². The highest BCUT2D eigenvalue weighted by atomic mass is 35.5. The first-order valence-electron chi connectivity index (χ1n) is 8.09. The molecule has 130 valence electrons. The van der Waals surface area contributed by atoms with Crippen molar-refractivity contribution in [1.29, 1.82) is 0 Å². The zero-order chi connectivity index (χ0) is 16.3. The standard InChI is InChI=1S/C18H27FN2O.ClH/c1-18(2,3)16(12-7-9-14(19)10-8-12)21-17(22)13-5-4-6-15(20)11-13;/h7-10,13,15-16H,4-6,11,20H2,1-3H3,(H,21,22);1H. The van der Waals surface area contributed by atoms with Gasteiger partial charge in [0.25, 0.3) is 0 Å². The van der Waals surface area contributed by atoms with Crippen LogP contribution in [0.15, 0.2) is 24.3 Å². The molecule has 1 aliphatic carbocycles. The minimum atomic E-state index is -0.263. The smallest absolute Gasteiger partial charge is 0.223 e. The molecule has 0 saturated heterocycles. The van der Waals surface area contributed by atoms with Crippen LogP contribution in [0.2, 0.25) is 0 Å². The molecule has 1 aromatic carbocycles. The minimum Gasteiger partial charge on any atom is -0.349 e. The minimum absolute atomic E-state index is 0. The van der Waals surface area contributed by atoms with Crippen molar-refractivity contribution in [2.75, 3.05) is 0 Å². The van der Waals surface area contributed by atoms with E-state index in [2.05, 4.69) is 26.1 Å². The fourth-order valence-electron chi connectivity index (χ4n) is 3.18. The van der Waals surface area contributed by atoms with Gasteiger partial charge in [0.1, 0.15) is 5.82 Å². The Morgan fingerprint density at radius 1 is 1.26 bits per heavy atom. The van der Waals surface area contributed by atoms with Gasteiger partial charge in [0, 0.05) is 12.0 Å². The number of carbonyl (C=O) groups excluding carboxylic acids is 1. The van der Waals surface area contributed by atoms with Crippen LogP contribution in [0.4, 0.5) is 4.39 Å². The van der Waals surface area contributed by atoms with Crippen molar-refractivity contribution in [2.45, 2.75) is 58.5 Å². The Hall–Kier alpha value is -1.13. The van der Waals surface area contributed by atoms with Crippen LogP contribution >= 0.6 is 12.4 Å². The molecule has 0 heterocycles. The summed E-state index contributed by atoms with van der Waals surface area (Å²) in [5.74, 6) is -0.200. The van der Waals surface area contributed by atoms with E-state index in [1.165, 1.54) is 12.1 Å². The summed E-state index contributed by atoms with van der Waals surface area (Å²) in [6.45, 7) is 6.23. The second-order valence-corrected chi connectivity index (χ2v) is 7.48. The maximum Gasteiger partial charge on any atom is 0.223 e. The normalized spacial score (nSPS) is 22.8. The van der Waals surface area contributed by atoms with Gasteiger partial charge in [-0.05, 0) is 42.4 Å². The molecule has 3 unspecified atom stereocenters. The summed E-state index contributed by atoms with van der Waals surface area (Å²) < 4.78 is 13.1. The SMILES string of the molecule is CC(C)(C)C(NC(=O)C1CCCC(N)C1)c1ccc(F)cc1.Cl. The van der Waals surface area contributed by atoms with E-state index < -0.39 is 0 Å². The van der Waals surface area contributed by atoms with Crippen molar-refractivity contribution in [3.8, 4) is 0 Å². The molecule has 1 fully saturated rings. The zero-order valence-corrected chi connectivity index (χ0v) is 15.0. The summed E-state index contributed by atoms with van der Waals surface area (Å²) in [5.41, 5.74) is 6.77. The third-order valence-electron chi connectivity index (χ3n) is 4.44. The quantitative estimate of drug-likeness (QED) is 0.873. The predicted octanol–water partition coefficient (Wildman–Crippen LogP) is 3.97. The van der Waals surface area contributed by atoms with Crippen LogP contribution in [-0.4, -0.2) is 11.9 Å². The molecule has 0 spiro atoms. The molecule has 0 aliphatic heterocycles. The summed E-state index contributed by atoms with van der Waals surface area (Å²) >= 11 is 0. The van der Waals surface area contributed by atoms with Gasteiger partial charge in [0.15, 0.2) is 0 Å². The Kier molecular flexibility index (Phi) is 7.02. The average molecular weight is 343 g/mol. The molecule has 1 amide bonds. The van der Waals surface area contributed by atoms with Crippen molar-refractivity contribution in [3.63, 3.8) is 0 Å². The van der Waals surface area contributed by atoms with Gasteiger partial charge in [-0.3, -0.25) is 4.79 Å². The van der Waals surface area contributed by atoms with Gasteiger partial charge < -0.3 is 11.1 Å². The van der Waals surface area contributed by atoms with Gasteiger partial charge in [0.05, 0.1) is 6.04 Å². The molecule has 23 heavy (non-hydrogen) atoms. The molecule has 3 N–H and O–H groups in total. The fourth-order valence-corrected chi connectivity index (χ4v) is 3.18. The lowest BCUT2D eigenvalue weighted by Gasteiger charge is -2.34. The highest BCUT2D eigenvalue weighted by molar-refractivity contribution is 5.85. The van der Waals surface area contributed by atoms with Gasteiger partial charge in [-0.2, -0.15) is 0 Å². The molecule has 0 aromatic heterocycles. The molecule has 0 bridgehead atoms. The summed E-state index contributed by atoms with van der Waals surface area (Å²) in [6, 6.07) is 6.37. The Balaban J connectivity index is 0.00000264. The Bertz CT molecular complexity index is 513. The lowest BCUT2D eigenvalue weighted by molar-refractivity contribution is -0.127. The molecular weight excluding hydrogens is 315 g/mol. The first-order chi connectivity index (χ1) is 10.3. The van der Waals surface area contributed by atoms with Crippen molar-refractivity contribution in [1.82, 2.24) is 5.32 Å². The highest BCUT2D eigenvalue weighted by Crippen LogP contribution is 2.34. The van der Waals surface area contributed by atoms with Gasteiger partial charge in [-0.25, -0.2) is 4.39 Å². The number of halogens is 2. The number of rotatable bonds is 3.